The van der Waals surface area contributed by atoms with Crippen molar-refractivity contribution in [3.63, 3.8) is 0 Å². The van der Waals surface area contributed by atoms with Gasteiger partial charge in [0.1, 0.15) is 5.82 Å². The second-order valence-electron chi connectivity index (χ2n) is 5.67. The Bertz CT molecular complexity index is 646. The molecule has 116 valence electrons. The molecule has 6 heteroatoms. The maximum Gasteiger partial charge on any atom is 0.310 e. The SMILES string of the molecule is O=C(COC(=O)C1CC2C=CC1C2)Nc1ccc(Br)cc1F. The van der Waals surface area contributed by atoms with E-state index in [0.717, 1.165) is 12.8 Å². The molecule has 0 heterocycles. The summed E-state index contributed by atoms with van der Waals surface area (Å²) in [5.74, 6) is -0.881. The van der Waals surface area contributed by atoms with Crippen LogP contribution in [0.5, 0.6) is 0 Å². The predicted molar refractivity (Wildman–Crippen MR) is 82.5 cm³/mol. The average molecular weight is 368 g/mol. The van der Waals surface area contributed by atoms with Crippen molar-refractivity contribution in [2.45, 2.75) is 12.8 Å². The molecule has 3 atom stereocenters. The van der Waals surface area contributed by atoms with Crippen LogP contribution >= 0.6 is 15.9 Å². The molecule has 3 unspecified atom stereocenters. The summed E-state index contributed by atoms with van der Waals surface area (Å²) in [5.41, 5.74) is 0.0621. The van der Waals surface area contributed by atoms with Gasteiger partial charge in [-0.3, -0.25) is 9.59 Å². The summed E-state index contributed by atoms with van der Waals surface area (Å²) >= 11 is 3.14. The first-order valence-electron chi connectivity index (χ1n) is 7.13. The molecular weight excluding hydrogens is 353 g/mol. The molecule has 2 aliphatic carbocycles. The zero-order chi connectivity index (χ0) is 15.7. The Kier molecular flexibility index (Phi) is 4.29. The van der Waals surface area contributed by atoms with E-state index < -0.39 is 18.3 Å². The normalized spacial score (nSPS) is 25.3. The molecule has 0 spiro atoms. The van der Waals surface area contributed by atoms with E-state index in [-0.39, 0.29) is 23.5 Å². The summed E-state index contributed by atoms with van der Waals surface area (Å²) in [7, 11) is 0. The fourth-order valence-corrected chi connectivity index (χ4v) is 3.41. The maximum atomic E-state index is 13.6. The number of esters is 1. The van der Waals surface area contributed by atoms with E-state index in [2.05, 4.69) is 33.4 Å². The highest BCUT2D eigenvalue weighted by molar-refractivity contribution is 9.10. The minimum Gasteiger partial charge on any atom is -0.455 e. The Hall–Kier alpha value is -1.69. The van der Waals surface area contributed by atoms with Crippen molar-refractivity contribution in [2.75, 3.05) is 11.9 Å². The van der Waals surface area contributed by atoms with Gasteiger partial charge >= 0.3 is 5.97 Å². The monoisotopic (exact) mass is 367 g/mol. The Morgan fingerprint density at radius 3 is 2.77 bits per heavy atom. The fourth-order valence-electron chi connectivity index (χ4n) is 3.07. The molecule has 0 aromatic heterocycles. The van der Waals surface area contributed by atoms with Gasteiger partial charge in [0.05, 0.1) is 11.6 Å². The van der Waals surface area contributed by atoms with Crippen LogP contribution < -0.4 is 5.32 Å². The van der Waals surface area contributed by atoms with Crippen LogP contribution in [0.1, 0.15) is 12.8 Å². The summed E-state index contributed by atoms with van der Waals surface area (Å²) in [6.45, 7) is -0.397. The predicted octanol–water partition coefficient (Wildman–Crippen LogP) is 3.28. The number of hydrogen-bond donors (Lipinski definition) is 1. The molecule has 3 rings (SSSR count). The molecule has 0 saturated heterocycles. The van der Waals surface area contributed by atoms with Crippen molar-refractivity contribution in [3.05, 3.63) is 40.6 Å². The van der Waals surface area contributed by atoms with Crippen LogP contribution in [-0.4, -0.2) is 18.5 Å². The smallest absolute Gasteiger partial charge is 0.310 e. The van der Waals surface area contributed by atoms with Gasteiger partial charge in [-0.25, -0.2) is 4.39 Å². The number of amides is 1. The van der Waals surface area contributed by atoms with E-state index in [1.165, 1.54) is 12.1 Å². The number of allylic oxidation sites excluding steroid dienone is 2. The Labute approximate surface area is 135 Å². The van der Waals surface area contributed by atoms with Crippen LogP contribution in [0.25, 0.3) is 0 Å². The highest BCUT2D eigenvalue weighted by Gasteiger charge is 2.40. The number of halogens is 2. The summed E-state index contributed by atoms with van der Waals surface area (Å²) in [6.07, 6.45) is 5.98. The van der Waals surface area contributed by atoms with Crippen LogP contribution in [0.2, 0.25) is 0 Å². The number of rotatable bonds is 4. The minimum atomic E-state index is -0.549. The van der Waals surface area contributed by atoms with Crippen LogP contribution in [0.3, 0.4) is 0 Å². The summed E-state index contributed by atoms with van der Waals surface area (Å²) in [6, 6.07) is 4.31. The Morgan fingerprint density at radius 1 is 1.32 bits per heavy atom. The van der Waals surface area contributed by atoms with Gasteiger partial charge in [-0.05, 0) is 42.9 Å². The molecule has 0 aliphatic heterocycles. The summed E-state index contributed by atoms with van der Waals surface area (Å²) in [4.78, 5) is 23.7. The fraction of sp³-hybridized carbons (Fsp3) is 0.375. The average Bonchev–Trinajstić information content (AvgIpc) is 3.10. The quantitative estimate of drug-likeness (QED) is 0.656. The van der Waals surface area contributed by atoms with Gasteiger partial charge in [-0.2, -0.15) is 0 Å². The van der Waals surface area contributed by atoms with Gasteiger partial charge in [0.2, 0.25) is 0 Å². The molecule has 1 aromatic carbocycles. The first kappa shape index (κ1) is 15.2. The zero-order valence-corrected chi connectivity index (χ0v) is 13.3. The molecule has 1 aromatic rings. The van der Waals surface area contributed by atoms with Gasteiger partial charge < -0.3 is 10.1 Å². The third-order valence-corrected chi connectivity index (χ3v) is 4.63. The second kappa shape index (κ2) is 6.20. The molecule has 2 aliphatic rings. The number of nitrogens with one attached hydrogen (secondary N) is 1. The lowest BCUT2D eigenvalue weighted by atomic mass is 9.94. The van der Waals surface area contributed by atoms with Crippen molar-refractivity contribution in [1.29, 1.82) is 0 Å². The Balaban J connectivity index is 1.50. The molecular formula is C16H15BrFNO3. The first-order chi connectivity index (χ1) is 10.5. The minimum absolute atomic E-state index is 0.0621. The molecule has 1 saturated carbocycles. The molecule has 1 fully saturated rings. The van der Waals surface area contributed by atoms with Gasteiger partial charge in [0, 0.05) is 4.47 Å². The molecule has 1 N–H and O–H groups in total. The van der Waals surface area contributed by atoms with Crippen LogP contribution in [0.15, 0.2) is 34.8 Å². The lowest BCUT2D eigenvalue weighted by Gasteiger charge is -2.16. The largest absolute Gasteiger partial charge is 0.455 e. The topological polar surface area (TPSA) is 55.4 Å². The maximum absolute atomic E-state index is 13.6. The number of carbonyl (C=O) groups excluding carboxylic acids is 2. The number of benzene rings is 1. The van der Waals surface area contributed by atoms with Gasteiger partial charge in [-0.1, -0.05) is 28.1 Å². The van der Waals surface area contributed by atoms with E-state index in [1.807, 2.05) is 0 Å². The van der Waals surface area contributed by atoms with E-state index in [4.69, 9.17) is 4.74 Å². The van der Waals surface area contributed by atoms with Crippen LogP contribution in [0, 0.1) is 23.6 Å². The van der Waals surface area contributed by atoms with E-state index in [9.17, 15) is 14.0 Å². The van der Waals surface area contributed by atoms with Crippen molar-refractivity contribution < 1.29 is 18.7 Å². The molecule has 22 heavy (non-hydrogen) atoms. The zero-order valence-electron chi connectivity index (χ0n) is 11.7. The number of hydrogen-bond acceptors (Lipinski definition) is 3. The number of carbonyl (C=O) groups is 2. The standard InChI is InChI=1S/C16H15BrFNO3/c17-11-3-4-14(13(18)7-11)19-15(20)8-22-16(21)12-6-9-1-2-10(12)5-9/h1-4,7,9-10,12H,5-6,8H2,(H,19,20). The summed E-state index contributed by atoms with van der Waals surface area (Å²) < 4.78 is 19.2. The van der Waals surface area contributed by atoms with Crippen molar-refractivity contribution >= 4 is 33.5 Å². The number of fused-ring (bicyclic) bond motifs is 2. The molecule has 0 radical (unpaired) electrons. The lowest BCUT2D eigenvalue weighted by Crippen LogP contribution is -2.26. The highest BCUT2D eigenvalue weighted by Crippen LogP contribution is 2.43. The van der Waals surface area contributed by atoms with Crippen molar-refractivity contribution in [3.8, 4) is 0 Å². The third-order valence-electron chi connectivity index (χ3n) is 4.13. The van der Waals surface area contributed by atoms with E-state index in [0.29, 0.717) is 10.4 Å². The van der Waals surface area contributed by atoms with Crippen molar-refractivity contribution in [2.24, 2.45) is 17.8 Å². The second-order valence-corrected chi connectivity index (χ2v) is 6.58. The third kappa shape index (κ3) is 3.21. The van der Waals surface area contributed by atoms with Crippen LogP contribution in [-0.2, 0) is 14.3 Å². The van der Waals surface area contributed by atoms with E-state index in [1.54, 1.807) is 6.07 Å². The van der Waals surface area contributed by atoms with E-state index >= 15 is 0 Å². The first-order valence-corrected chi connectivity index (χ1v) is 7.92. The summed E-state index contributed by atoms with van der Waals surface area (Å²) in [5, 5.41) is 2.39. The highest BCUT2D eigenvalue weighted by atomic mass is 79.9. The number of ether oxygens (including phenoxy) is 1. The van der Waals surface area contributed by atoms with Gasteiger partial charge in [0.25, 0.3) is 5.91 Å². The molecule has 1 amide bonds. The van der Waals surface area contributed by atoms with Crippen molar-refractivity contribution in [1.82, 2.24) is 0 Å². The molecule has 2 bridgehead atoms. The van der Waals surface area contributed by atoms with Gasteiger partial charge in [0.15, 0.2) is 6.61 Å². The molecule has 4 nitrogen and oxygen atoms in total. The lowest BCUT2D eigenvalue weighted by molar-refractivity contribution is -0.152. The number of anilines is 1. The van der Waals surface area contributed by atoms with Gasteiger partial charge in [-0.15, -0.1) is 0 Å². The van der Waals surface area contributed by atoms with Crippen LogP contribution in [0.4, 0.5) is 10.1 Å². The Morgan fingerprint density at radius 2 is 2.14 bits per heavy atom.